The van der Waals surface area contributed by atoms with Crippen molar-refractivity contribution < 1.29 is 19.0 Å². The summed E-state index contributed by atoms with van der Waals surface area (Å²) in [5, 5.41) is 9.91. The highest BCUT2D eigenvalue weighted by Gasteiger charge is 2.55. The third-order valence-electron chi connectivity index (χ3n) is 8.77. The molecule has 1 spiro atoms. The Morgan fingerprint density at radius 3 is 2.52 bits per heavy atom. The van der Waals surface area contributed by atoms with E-state index in [2.05, 4.69) is 28.8 Å². The number of urea groups is 1. The number of benzene rings is 1. The van der Waals surface area contributed by atoms with Crippen LogP contribution in [0.4, 0.5) is 9.18 Å². The van der Waals surface area contributed by atoms with E-state index in [1.54, 1.807) is 6.07 Å². The Labute approximate surface area is 196 Å². The highest BCUT2D eigenvalue weighted by molar-refractivity contribution is 5.78. The van der Waals surface area contributed by atoms with Crippen molar-refractivity contribution in [3.8, 4) is 0 Å². The van der Waals surface area contributed by atoms with Crippen molar-refractivity contribution in [1.29, 1.82) is 0 Å². The molecule has 0 radical (unpaired) electrons. The Morgan fingerprint density at radius 2 is 1.88 bits per heavy atom. The lowest BCUT2D eigenvalue weighted by molar-refractivity contribution is -0.139. The maximum atomic E-state index is 14.1. The zero-order valence-electron chi connectivity index (χ0n) is 20.0. The number of aliphatic hydroxyl groups is 1. The summed E-state index contributed by atoms with van der Waals surface area (Å²) < 4.78 is 19.4. The minimum atomic E-state index is -0.709. The summed E-state index contributed by atoms with van der Waals surface area (Å²) >= 11 is 0. The lowest BCUT2D eigenvalue weighted by Gasteiger charge is -2.51. The third kappa shape index (κ3) is 4.40. The van der Waals surface area contributed by atoms with E-state index in [0.717, 1.165) is 50.8 Å². The molecule has 6 nitrogen and oxygen atoms in total. The van der Waals surface area contributed by atoms with Crippen LogP contribution in [0.5, 0.6) is 0 Å². The number of carbonyl (C=O) groups excluding carboxylic acids is 1. The molecule has 2 saturated carbocycles. The van der Waals surface area contributed by atoms with Gasteiger partial charge in [0.1, 0.15) is 5.82 Å². The number of hydrogen-bond donors (Lipinski definition) is 1. The lowest BCUT2D eigenvalue weighted by atomic mass is 9.68. The molecule has 0 aromatic heterocycles. The first-order chi connectivity index (χ1) is 15.8. The van der Waals surface area contributed by atoms with Gasteiger partial charge in [-0.25, -0.2) is 9.18 Å². The molecule has 2 saturated heterocycles. The van der Waals surface area contributed by atoms with E-state index in [-0.39, 0.29) is 28.8 Å². The molecule has 2 aliphatic carbocycles. The molecule has 4 aliphatic rings. The Kier molecular flexibility index (Phi) is 6.17. The van der Waals surface area contributed by atoms with Crippen molar-refractivity contribution in [1.82, 2.24) is 14.7 Å². The lowest BCUT2D eigenvalue weighted by Crippen LogP contribution is -2.55. The fourth-order valence-corrected chi connectivity index (χ4v) is 6.50. The average molecular weight is 460 g/mol. The molecule has 182 valence electrons. The largest absolute Gasteiger partial charge is 0.368 e. The molecule has 1 aromatic carbocycles. The molecule has 0 bridgehead atoms. The first kappa shape index (κ1) is 23.1. The smallest absolute Gasteiger partial charge is 0.320 e. The number of rotatable bonds is 6. The molecule has 2 heterocycles. The molecule has 7 heteroatoms. The van der Waals surface area contributed by atoms with E-state index in [1.165, 1.54) is 18.9 Å². The van der Waals surface area contributed by atoms with Gasteiger partial charge < -0.3 is 19.6 Å². The molecule has 1 aromatic rings. The van der Waals surface area contributed by atoms with Gasteiger partial charge in [0.05, 0.1) is 12.1 Å². The van der Waals surface area contributed by atoms with Crippen LogP contribution < -0.4 is 0 Å². The van der Waals surface area contributed by atoms with E-state index < -0.39 is 6.29 Å². The summed E-state index contributed by atoms with van der Waals surface area (Å²) in [5.41, 5.74) is 0.685. The molecular weight excluding hydrogens is 421 g/mol. The quantitative estimate of drug-likeness (QED) is 0.703. The monoisotopic (exact) mass is 459 g/mol. The Morgan fingerprint density at radius 1 is 1.12 bits per heavy atom. The van der Waals surface area contributed by atoms with Gasteiger partial charge in [-0.05, 0) is 88.6 Å². The summed E-state index contributed by atoms with van der Waals surface area (Å²) in [5.74, 6) is 0.733. The van der Waals surface area contributed by atoms with Crippen molar-refractivity contribution in [2.24, 2.45) is 11.8 Å². The number of nitrogens with zero attached hydrogens (tertiary/aromatic N) is 3. The average Bonchev–Trinajstić information content (AvgIpc) is 3.57. The molecular formula is C26H38FN3O3. The van der Waals surface area contributed by atoms with Crippen LogP contribution in [0.1, 0.15) is 56.9 Å². The summed E-state index contributed by atoms with van der Waals surface area (Å²) in [6.45, 7) is 2.88. The second-order valence-electron chi connectivity index (χ2n) is 11.1. The van der Waals surface area contributed by atoms with Gasteiger partial charge in [0.15, 0.2) is 6.29 Å². The molecule has 4 fully saturated rings. The first-order valence-corrected chi connectivity index (χ1v) is 12.6. The van der Waals surface area contributed by atoms with Crippen molar-refractivity contribution in [3.63, 3.8) is 0 Å². The number of aliphatic hydroxyl groups excluding tert-OH is 1. The maximum Gasteiger partial charge on any atom is 0.320 e. The van der Waals surface area contributed by atoms with Gasteiger partial charge in [-0.2, -0.15) is 0 Å². The van der Waals surface area contributed by atoms with Crippen molar-refractivity contribution >= 4 is 6.03 Å². The number of carbonyl (C=O) groups is 1. The number of amides is 2. The summed E-state index contributed by atoms with van der Waals surface area (Å²) in [6.07, 6.45) is 6.87. The van der Waals surface area contributed by atoms with E-state index in [0.29, 0.717) is 25.5 Å². The SMILES string of the molecule is CN(C)C1(c2cccc(F)c2)CCC2(CC1)CN(CC1CCOC(O)C1)C(=O)N2CC1CC1. The predicted octanol–water partition coefficient (Wildman–Crippen LogP) is 3.79. The third-order valence-corrected chi connectivity index (χ3v) is 8.77. The van der Waals surface area contributed by atoms with E-state index >= 15 is 0 Å². The molecule has 2 aliphatic heterocycles. The molecule has 2 unspecified atom stereocenters. The number of ether oxygens (including phenoxy) is 1. The van der Waals surface area contributed by atoms with Crippen molar-refractivity contribution in [3.05, 3.63) is 35.6 Å². The van der Waals surface area contributed by atoms with Crippen LogP contribution in [-0.2, 0) is 10.3 Å². The minimum absolute atomic E-state index is 0.143. The summed E-state index contributed by atoms with van der Waals surface area (Å²) in [4.78, 5) is 20.1. The van der Waals surface area contributed by atoms with E-state index in [9.17, 15) is 14.3 Å². The summed E-state index contributed by atoms with van der Waals surface area (Å²) in [6, 6.07) is 7.22. The highest BCUT2D eigenvalue weighted by atomic mass is 19.1. The Hall–Kier alpha value is -1.70. The zero-order chi connectivity index (χ0) is 23.2. The van der Waals surface area contributed by atoms with Crippen molar-refractivity contribution in [2.75, 3.05) is 40.3 Å². The van der Waals surface area contributed by atoms with Crippen LogP contribution in [-0.4, -0.2) is 78.0 Å². The predicted molar refractivity (Wildman–Crippen MR) is 124 cm³/mol. The van der Waals surface area contributed by atoms with Crippen molar-refractivity contribution in [2.45, 2.75) is 68.7 Å². The Balaban J connectivity index is 1.36. The summed E-state index contributed by atoms with van der Waals surface area (Å²) in [7, 11) is 4.18. The Bertz CT molecular complexity index is 866. The van der Waals surface area contributed by atoms with Crippen LogP contribution in [0.15, 0.2) is 24.3 Å². The van der Waals surface area contributed by atoms with Crippen LogP contribution >= 0.6 is 0 Å². The van der Waals surface area contributed by atoms with E-state index in [4.69, 9.17) is 4.74 Å². The van der Waals surface area contributed by atoms with Gasteiger partial charge in [-0.3, -0.25) is 4.90 Å². The normalized spacial score (nSPS) is 35.1. The van der Waals surface area contributed by atoms with Crippen LogP contribution in [0, 0.1) is 17.7 Å². The van der Waals surface area contributed by atoms with Crippen LogP contribution in [0.2, 0.25) is 0 Å². The number of hydrogen-bond acceptors (Lipinski definition) is 4. The topological polar surface area (TPSA) is 56.2 Å². The standard InChI is InChI=1S/C26H38FN3O3/c1-28(2)26(21-4-3-5-22(27)15-21)11-9-25(10-12-26)18-29(16-20-8-13-33-23(31)14-20)24(32)30(25)17-19-6-7-19/h3-5,15,19-20,23,31H,6-14,16-18H2,1-2H3. The van der Waals surface area contributed by atoms with E-state index in [1.807, 2.05) is 12.1 Å². The van der Waals surface area contributed by atoms with Crippen LogP contribution in [0.3, 0.4) is 0 Å². The first-order valence-electron chi connectivity index (χ1n) is 12.6. The van der Waals surface area contributed by atoms with Gasteiger partial charge in [-0.1, -0.05) is 12.1 Å². The fourth-order valence-electron chi connectivity index (χ4n) is 6.50. The van der Waals surface area contributed by atoms with Gasteiger partial charge in [-0.15, -0.1) is 0 Å². The second-order valence-corrected chi connectivity index (χ2v) is 11.1. The molecule has 2 amide bonds. The van der Waals surface area contributed by atoms with Gasteiger partial charge in [0, 0.05) is 31.6 Å². The highest BCUT2D eigenvalue weighted by Crippen LogP contribution is 2.50. The fraction of sp³-hybridized carbons (Fsp3) is 0.731. The second kappa shape index (κ2) is 8.82. The van der Waals surface area contributed by atoms with Crippen LogP contribution in [0.25, 0.3) is 0 Å². The molecule has 5 rings (SSSR count). The van der Waals surface area contributed by atoms with Gasteiger partial charge >= 0.3 is 6.03 Å². The van der Waals surface area contributed by atoms with Gasteiger partial charge in [0.25, 0.3) is 0 Å². The van der Waals surface area contributed by atoms with Gasteiger partial charge in [0.2, 0.25) is 0 Å². The zero-order valence-corrected chi connectivity index (χ0v) is 20.0. The molecule has 2 atom stereocenters. The number of halogens is 1. The molecule has 1 N–H and O–H groups in total. The molecule has 33 heavy (non-hydrogen) atoms. The maximum absolute atomic E-state index is 14.1. The minimum Gasteiger partial charge on any atom is -0.368 e.